The maximum absolute atomic E-state index is 10.5. The summed E-state index contributed by atoms with van der Waals surface area (Å²) in [7, 11) is 0. The highest BCUT2D eigenvalue weighted by molar-refractivity contribution is 7.07. The largest absolute Gasteiger partial charge is 0.294 e. The van der Waals surface area contributed by atoms with E-state index in [1.54, 1.807) is 0 Å². The average molecular weight is 141 g/mol. The van der Waals surface area contributed by atoms with E-state index in [0.717, 1.165) is 0 Å². The lowest BCUT2D eigenvalue weighted by atomic mass is 10.3. The molecule has 0 aliphatic rings. The summed E-state index contributed by atoms with van der Waals surface area (Å²) in [6, 6.07) is 0. The molecule has 46 valence electrons. The summed E-state index contributed by atoms with van der Waals surface area (Å²) in [5.74, 6) is -0.559. The number of carbonyl (C=O) groups is 2. The molecule has 1 aromatic rings. The molecule has 0 aromatic carbocycles. The van der Waals surface area contributed by atoms with E-state index in [4.69, 9.17) is 0 Å². The van der Waals surface area contributed by atoms with Gasteiger partial charge in [0.25, 0.3) is 0 Å². The van der Waals surface area contributed by atoms with Gasteiger partial charge in [0.1, 0.15) is 5.69 Å². The smallest absolute Gasteiger partial charge is 0.244 e. The maximum Gasteiger partial charge on any atom is 0.244 e. The normalized spacial score (nSPS) is 8.89. The average Bonchev–Trinajstić information content (AvgIpc) is 2.37. The standard InChI is InChI=1S/C5H3NO2S/c7-1-5(8)4-2-9-3-6-4/h1-3H. The number of thiazole rings is 1. The summed E-state index contributed by atoms with van der Waals surface area (Å²) in [5.41, 5.74) is 1.74. The number of ketones is 1. The first kappa shape index (κ1) is 6.10. The van der Waals surface area contributed by atoms with Crippen molar-refractivity contribution in [2.24, 2.45) is 0 Å². The van der Waals surface area contributed by atoms with Crippen molar-refractivity contribution in [2.45, 2.75) is 0 Å². The Labute approximate surface area is 55.3 Å². The van der Waals surface area contributed by atoms with Crippen LogP contribution in [0.15, 0.2) is 10.9 Å². The van der Waals surface area contributed by atoms with E-state index in [9.17, 15) is 9.59 Å². The Morgan fingerprint density at radius 3 is 3.00 bits per heavy atom. The van der Waals surface area contributed by atoms with E-state index in [2.05, 4.69) is 4.98 Å². The molecule has 0 aliphatic carbocycles. The molecule has 0 N–H and O–H groups in total. The van der Waals surface area contributed by atoms with Crippen LogP contribution in [0.1, 0.15) is 10.5 Å². The van der Waals surface area contributed by atoms with Crippen LogP contribution < -0.4 is 0 Å². The Hall–Kier alpha value is -1.03. The second kappa shape index (κ2) is 2.50. The lowest BCUT2D eigenvalue weighted by Gasteiger charge is -1.77. The predicted molar refractivity (Wildman–Crippen MR) is 32.5 cm³/mol. The number of hydrogen-bond donors (Lipinski definition) is 0. The van der Waals surface area contributed by atoms with Crippen molar-refractivity contribution < 1.29 is 9.59 Å². The zero-order chi connectivity index (χ0) is 6.69. The fourth-order valence-corrected chi connectivity index (χ4v) is 0.936. The molecular weight excluding hydrogens is 138 g/mol. The third-order valence-corrected chi connectivity index (χ3v) is 1.38. The van der Waals surface area contributed by atoms with Gasteiger partial charge in [-0.1, -0.05) is 0 Å². The third-order valence-electron chi connectivity index (χ3n) is 0.792. The molecule has 1 rings (SSSR count). The summed E-state index contributed by atoms with van der Waals surface area (Å²) >= 11 is 1.29. The Morgan fingerprint density at radius 1 is 1.78 bits per heavy atom. The lowest BCUT2D eigenvalue weighted by molar-refractivity contribution is -0.104. The molecule has 1 heterocycles. The van der Waals surface area contributed by atoms with Crippen LogP contribution in [-0.2, 0) is 4.79 Å². The number of nitrogens with zero attached hydrogens (tertiary/aromatic N) is 1. The monoisotopic (exact) mass is 141 g/mol. The molecule has 3 nitrogen and oxygen atoms in total. The van der Waals surface area contributed by atoms with Crippen LogP contribution in [0.5, 0.6) is 0 Å². The van der Waals surface area contributed by atoms with Gasteiger partial charge in [0, 0.05) is 5.38 Å². The van der Waals surface area contributed by atoms with Crippen LogP contribution in [0.3, 0.4) is 0 Å². The molecule has 0 radical (unpaired) electrons. The van der Waals surface area contributed by atoms with Crippen LogP contribution >= 0.6 is 11.3 Å². The topological polar surface area (TPSA) is 47.0 Å². The molecule has 0 saturated carbocycles. The second-order valence-electron chi connectivity index (χ2n) is 1.36. The number of rotatable bonds is 2. The molecule has 1 aromatic heterocycles. The van der Waals surface area contributed by atoms with Gasteiger partial charge in [-0.05, 0) is 0 Å². The number of aldehydes is 1. The van der Waals surface area contributed by atoms with Gasteiger partial charge in [0.05, 0.1) is 5.51 Å². The van der Waals surface area contributed by atoms with Gasteiger partial charge in [-0.15, -0.1) is 11.3 Å². The molecule has 0 spiro atoms. The quantitative estimate of drug-likeness (QED) is 0.343. The summed E-state index contributed by atoms with van der Waals surface area (Å²) in [4.78, 5) is 23.9. The Bertz CT molecular complexity index is 217. The molecule has 9 heavy (non-hydrogen) atoms. The molecule has 0 amide bonds. The maximum atomic E-state index is 10.5. The van der Waals surface area contributed by atoms with E-state index in [-0.39, 0.29) is 12.0 Å². The number of carbonyl (C=O) groups excluding carboxylic acids is 2. The second-order valence-corrected chi connectivity index (χ2v) is 2.07. The first-order valence-electron chi connectivity index (χ1n) is 2.22. The lowest BCUT2D eigenvalue weighted by Crippen LogP contribution is -1.98. The van der Waals surface area contributed by atoms with Crippen molar-refractivity contribution in [3.05, 3.63) is 16.6 Å². The fourth-order valence-electron chi connectivity index (χ4n) is 0.395. The molecule has 0 saturated heterocycles. The van der Waals surface area contributed by atoms with Crippen molar-refractivity contribution in [3.8, 4) is 0 Å². The summed E-state index contributed by atoms with van der Waals surface area (Å²) in [6.07, 6.45) is 0.259. The Balaban J connectivity index is 2.89. The first-order chi connectivity index (χ1) is 4.34. The van der Waals surface area contributed by atoms with E-state index in [1.165, 1.54) is 22.2 Å². The van der Waals surface area contributed by atoms with Gasteiger partial charge in [-0.25, -0.2) is 4.98 Å². The summed E-state index contributed by atoms with van der Waals surface area (Å²) < 4.78 is 0. The van der Waals surface area contributed by atoms with Crippen LogP contribution in [-0.4, -0.2) is 17.1 Å². The highest BCUT2D eigenvalue weighted by Gasteiger charge is 2.03. The number of aromatic nitrogens is 1. The minimum Gasteiger partial charge on any atom is -0.294 e. The SMILES string of the molecule is O=CC(=O)c1cscn1. The minimum absolute atomic E-state index is 0.231. The fraction of sp³-hybridized carbons (Fsp3) is 0. The van der Waals surface area contributed by atoms with Crippen molar-refractivity contribution in [2.75, 3.05) is 0 Å². The number of Topliss-reactive ketones (excluding diaryl/α,β-unsaturated/α-hetero) is 1. The first-order valence-corrected chi connectivity index (χ1v) is 3.16. The van der Waals surface area contributed by atoms with Gasteiger partial charge in [-0.2, -0.15) is 0 Å². The van der Waals surface area contributed by atoms with Gasteiger partial charge in [-0.3, -0.25) is 9.59 Å². The highest BCUT2D eigenvalue weighted by Crippen LogP contribution is 1.99. The van der Waals surface area contributed by atoms with Gasteiger partial charge < -0.3 is 0 Å². The molecule has 0 aliphatic heterocycles. The van der Waals surface area contributed by atoms with E-state index < -0.39 is 5.78 Å². The Kier molecular flexibility index (Phi) is 1.69. The molecule has 0 unspecified atom stereocenters. The van der Waals surface area contributed by atoms with E-state index in [0.29, 0.717) is 0 Å². The van der Waals surface area contributed by atoms with Gasteiger partial charge in [0.15, 0.2) is 6.29 Å². The molecule has 4 heteroatoms. The zero-order valence-corrected chi connectivity index (χ0v) is 5.22. The minimum atomic E-state index is -0.559. The van der Waals surface area contributed by atoms with Crippen LogP contribution in [0, 0.1) is 0 Å². The van der Waals surface area contributed by atoms with Gasteiger partial charge >= 0.3 is 0 Å². The predicted octanol–water partition coefficient (Wildman–Crippen LogP) is 0.525. The number of hydrogen-bond acceptors (Lipinski definition) is 4. The van der Waals surface area contributed by atoms with E-state index in [1.807, 2.05) is 0 Å². The van der Waals surface area contributed by atoms with E-state index >= 15 is 0 Å². The van der Waals surface area contributed by atoms with Crippen molar-refractivity contribution in [1.29, 1.82) is 0 Å². The molecule has 0 fully saturated rings. The zero-order valence-electron chi connectivity index (χ0n) is 4.40. The molecule has 0 atom stereocenters. The summed E-state index contributed by atoms with van der Waals surface area (Å²) in [5, 5.41) is 1.54. The van der Waals surface area contributed by atoms with Crippen molar-refractivity contribution >= 4 is 23.4 Å². The molecule has 0 bridgehead atoms. The Morgan fingerprint density at radius 2 is 2.56 bits per heavy atom. The van der Waals surface area contributed by atoms with Crippen LogP contribution in [0.2, 0.25) is 0 Å². The van der Waals surface area contributed by atoms with Crippen molar-refractivity contribution in [3.63, 3.8) is 0 Å². The third kappa shape index (κ3) is 1.20. The highest BCUT2D eigenvalue weighted by atomic mass is 32.1. The van der Waals surface area contributed by atoms with Gasteiger partial charge in [0.2, 0.25) is 5.78 Å². The van der Waals surface area contributed by atoms with Crippen molar-refractivity contribution in [1.82, 2.24) is 4.98 Å². The summed E-state index contributed by atoms with van der Waals surface area (Å²) in [6.45, 7) is 0. The van der Waals surface area contributed by atoms with Crippen LogP contribution in [0.4, 0.5) is 0 Å². The molecular formula is C5H3NO2S. The van der Waals surface area contributed by atoms with Crippen LogP contribution in [0.25, 0.3) is 0 Å².